The minimum atomic E-state index is -0.735. The van der Waals surface area contributed by atoms with E-state index in [9.17, 15) is 4.79 Å². The molecule has 0 saturated carbocycles. The van der Waals surface area contributed by atoms with Crippen LogP contribution in [-0.4, -0.2) is 32.5 Å². The molecule has 0 amide bonds. The van der Waals surface area contributed by atoms with E-state index in [0.29, 0.717) is 6.42 Å². The van der Waals surface area contributed by atoms with Crippen molar-refractivity contribution in [2.45, 2.75) is 32.4 Å². The molecular formula is C17H21N3O2. The topological polar surface area (TPSA) is 66.3 Å². The van der Waals surface area contributed by atoms with Crippen molar-refractivity contribution in [1.29, 1.82) is 0 Å². The average Bonchev–Trinajstić information content (AvgIpc) is 2.53. The van der Waals surface area contributed by atoms with Crippen molar-refractivity contribution in [2.75, 3.05) is 6.54 Å². The minimum absolute atomic E-state index is 0.223. The van der Waals surface area contributed by atoms with E-state index in [1.165, 1.54) is 0 Å². The molecule has 5 heteroatoms. The molecule has 22 heavy (non-hydrogen) atoms. The number of pyridine rings is 2. The summed E-state index contributed by atoms with van der Waals surface area (Å²) in [5.74, 6) is -0.735. The lowest BCUT2D eigenvalue weighted by atomic mass is 10.2. The van der Waals surface area contributed by atoms with E-state index < -0.39 is 5.97 Å². The molecule has 0 atom stereocenters. The normalized spacial score (nSPS) is 10.8. The lowest BCUT2D eigenvalue weighted by molar-refractivity contribution is -0.137. The van der Waals surface area contributed by atoms with Gasteiger partial charge >= 0.3 is 5.97 Å². The maximum absolute atomic E-state index is 10.6. The van der Waals surface area contributed by atoms with Crippen LogP contribution in [0, 0.1) is 0 Å². The summed E-state index contributed by atoms with van der Waals surface area (Å²) in [7, 11) is 0. The molecule has 0 aromatic carbocycles. The van der Waals surface area contributed by atoms with Crippen LogP contribution >= 0.6 is 0 Å². The van der Waals surface area contributed by atoms with Crippen LogP contribution in [0.3, 0.4) is 0 Å². The van der Waals surface area contributed by atoms with Gasteiger partial charge in [-0.15, -0.1) is 0 Å². The molecule has 0 radical (unpaired) electrons. The van der Waals surface area contributed by atoms with E-state index in [4.69, 9.17) is 5.11 Å². The van der Waals surface area contributed by atoms with Crippen LogP contribution in [0.15, 0.2) is 48.8 Å². The lowest BCUT2D eigenvalue weighted by Gasteiger charge is -2.21. The van der Waals surface area contributed by atoms with E-state index >= 15 is 0 Å². The maximum atomic E-state index is 10.6. The lowest BCUT2D eigenvalue weighted by Crippen LogP contribution is -2.25. The Bertz CT molecular complexity index is 519. The zero-order valence-electron chi connectivity index (χ0n) is 12.6. The summed E-state index contributed by atoms with van der Waals surface area (Å²) in [6.45, 7) is 2.31. The number of carboxylic acid groups (broad SMARTS) is 1. The van der Waals surface area contributed by atoms with Gasteiger partial charge in [0.25, 0.3) is 0 Å². The second-order valence-corrected chi connectivity index (χ2v) is 5.20. The number of carboxylic acids is 1. The first-order valence-corrected chi connectivity index (χ1v) is 7.48. The molecule has 0 aliphatic rings. The van der Waals surface area contributed by atoms with Crippen LogP contribution < -0.4 is 0 Å². The first kappa shape index (κ1) is 16.1. The standard InChI is InChI=1S/C17H21N3O2/c21-17(22)9-3-6-12-20(13-15-7-1-4-10-18-15)14-16-8-2-5-11-19-16/h1-2,4-5,7-8,10-11H,3,6,9,12-14H2,(H,21,22). The largest absolute Gasteiger partial charge is 0.481 e. The Labute approximate surface area is 130 Å². The highest BCUT2D eigenvalue weighted by molar-refractivity contribution is 5.66. The number of rotatable bonds is 9. The summed E-state index contributed by atoms with van der Waals surface area (Å²) >= 11 is 0. The molecule has 2 rings (SSSR count). The molecular weight excluding hydrogens is 278 g/mol. The van der Waals surface area contributed by atoms with Crippen LogP contribution in [0.4, 0.5) is 0 Å². The van der Waals surface area contributed by atoms with Gasteiger partial charge in [0.15, 0.2) is 0 Å². The Kier molecular flexibility index (Phi) is 6.51. The number of unbranched alkanes of at least 4 members (excludes halogenated alkanes) is 1. The Morgan fingerprint density at radius 3 is 2.00 bits per heavy atom. The summed E-state index contributed by atoms with van der Waals surface area (Å²) in [5, 5.41) is 8.72. The van der Waals surface area contributed by atoms with Crippen LogP contribution in [0.1, 0.15) is 30.7 Å². The number of nitrogens with zero attached hydrogens (tertiary/aromatic N) is 3. The van der Waals surface area contributed by atoms with E-state index in [1.54, 1.807) is 12.4 Å². The Morgan fingerprint density at radius 1 is 0.955 bits per heavy atom. The van der Waals surface area contributed by atoms with Crippen molar-refractivity contribution < 1.29 is 9.90 Å². The minimum Gasteiger partial charge on any atom is -0.481 e. The molecule has 1 N–H and O–H groups in total. The Hall–Kier alpha value is -2.27. The van der Waals surface area contributed by atoms with Gasteiger partial charge in [-0.2, -0.15) is 0 Å². The molecule has 2 aromatic heterocycles. The quantitative estimate of drug-likeness (QED) is 0.721. The molecule has 0 aliphatic heterocycles. The van der Waals surface area contributed by atoms with Crippen LogP contribution in [-0.2, 0) is 17.9 Å². The zero-order valence-corrected chi connectivity index (χ0v) is 12.6. The molecule has 0 unspecified atom stereocenters. The number of aliphatic carboxylic acids is 1. The summed E-state index contributed by atoms with van der Waals surface area (Å²) in [4.78, 5) is 21.6. The molecule has 0 fully saturated rings. The summed E-state index contributed by atoms with van der Waals surface area (Å²) in [5.41, 5.74) is 2.02. The van der Waals surface area contributed by atoms with Gasteiger partial charge in [-0.05, 0) is 43.7 Å². The number of aromatic nitrogens is 2. The van der Waals surface area contributed by atoms with Crippen LogP contribution in [0.25, 0.3) is 0 Å². The maximum Gasteiger partial charge on any atom is 0.303 e. The van der Waals surface area contributed by atoms with Gasteiger partial charge in [0.05, 0.1) is 11.4 Å². The van der Waals surface area contributed by atoms with Crippen molar-refractivity contribution in [3.63, 3.8) is 0 Å². The molecule has 0 saturated heterocycles. The number of hydrogen-bond donors (Lipinski definition) is 1. The van der Waals surface area contributed by atoms with Crippen molar-refractivity contribution in [3.05, 3.63) is 60.2 Å². The first-order chi connectivity index (χ1) is 10.7. The summed E-state index contributed by atoms with van der Waals surface area (Å²) in [6.07, 6.45) is 5.35. The van der Waals surface area contributed by atoms with Crippen LogP contribution in [0.2, 0.25) is 0 Å². The molecule has 0 aliphatic carbocycles. The first-order valence-electron chi connectivity index (χ1n) is 7.48. The third kappa shape index (κ3) is 6.01. The Balaban J connectivity index is 1.92. The molecule has 116 valence electrons. The van der Waals surface area contributed by atoms with E-state index in [1.807, 2.05) is 36.4 Å². The zero-order chi connectivity index (χ0) is 15.6. The summed E-state index contributed by atoms with van der Waals surface area (Å²) < 4.78 is 0. The van der Waals surface area contributed by atoms with Gasteiger partial charge in [-0.25, -0.2) is 0 Å². The fourth-order valence-corrected chi connectivity index (χ4v) is 2.27. The predicted molar refractivity (Wildman–Crippen MR) is 84.1 cm³/mol. The smallest absolute Gasteiger partial charge is 0.303 e. The fraction of sp³-hybridized carbons (Fsp3) is 0.353. The van der Waals surface area contributed by atoms with Crippen molar-refractivity contribution >= 4 is 5.97 Å². The highest BCUT2D eigenvalue weighted by atomic mass is 16.4. The molecule has 2 heterocycles. The average molecular weight is 299 g/mol. The monoisotopic (exact) mass is 299 g/mol. The molecule has 2 aromatic rings. The van der Waals surface area contributed by atoms with Crippen LogP contribution in [0.5, 0.6) is 0 Å². The van der Waals surface area contributed by atoms with Gasteiger partial charge in [0.1, 0.15) is 0 Å². The molecule has 5 nitrogen and oxygen atoms in total. The number of hydrogen-bond acceptors (Lipinski definition) is 4. The second-order valence-electron chi connectivity index (χ2n) is 5.20. The van der Waals surface area contributed by atoms with Gasteiger partial charge in [-0.1, -0.05) is 12.1 Å². The van der Waals surface area contributed by atoms with E-state index in [0.717, 1.165) is 37.4 Å². The van der Waals surface area contributed by atoms with Gasteiger partial charge in [-0.3, -0.25) is 19.7 Å². The molecule has 0 spiro atoms. The van der Waals surface area contributed by atoms with Gasteiger partial charge < -0.3 is 5.11 Å². The second kappa shape index (κ2) is 8.89. The summed E-state index contributed by atoms with van der Waals surface area (Å²) in [6, 6.07) is 11.8. The Morgan fingerprint density at radius 2 is 1.55 bits per heavy atom. The predicted octanol–water partition coefficient (Wildman–Crippen LogP) is 2.73. The van der Waals surface area contributed by atoms with E-state index in [2.05, 4.69) is 14.9 Å². The van der Waals surface area contributed by atoms with Crippen molar-refractivity contribution in [2.24, 2.45) is 0 Å². The van der Waals surface area contributed by atoms with Crippen molar-refractivity contribution in [3.8, 4) is 0 Å². The van der Waals surface area contributed by atoms with Crippen molar-refractivity contribution in [1.82, 2.24) is 14.9 Å². The SMILES string of the molecule is O=C(O)CCCCN(Cc1ccccn1)Cc1ccccn1. The highest BCUT2D eigenvalue weighted by Crippen LogP contribution is 2.09. The fourth-order valence-electron chi connectivity index (χ4n) is 2.27. The van der Waals surface area contributed by atoms with Gasteiger partial charge in [0.2, 0.25) is 0 Å². The third-order valence-electron chi connectivity index (χ3n) is 3.34. The van der Waals surface area contributed by atoms with E-state index in [-0.39, 0.29) is 6.42 Å². The number of carbonyl (C=O) groups is 1. The molecule has 0 bridgehead atoms. The highest BCUT2D eigenvalue weighted by Gasteiger charge is 2.09. The van der Waals surface area contributed by atoms with Gasteiger partial charge in [0, 0.05) is 31.9 Å². The third-order valence-corrected chi connectivity index (χ3v) is 3.34.